The summed E-state index contributed by atoms with van der Waals surface area (Å²) in [5.74, 6) is 1.63. The predicted octanol–water partition coefficient (Wildman–Crippen LogP) is 8.12. The van der Waals surface area contributed by atoms with Gasteiger partial charge in [-0.15, -0.1) is 0 Å². The maximum Gasteiger partial charge on any atom is 0.210 e. The van der Waals surface area contributed by atoms with Crippen LogP contribution in [0, 0.1) is 0 Å². The topological polar surface area (TPSA) is 73.0 Å². The first-order chi connectivity index (χ1) is 20.9. The Labute approximate surface area is 265 Å². The van der Waals surface area contributed by atoms with Crippen LogP contribution in [0.4, 0.5) is 0 Å². The van der Waals surface area contributed by atoms with Crippen molar-refractivity contribution in [2.75, 3.05) is 40.6 Å². The Bertz CT molecular complexity index is 1390. The monoisotopic (exact) mass is 628 g/mol. The Morgan fingerprint density at radius 1 is 0.953 bits per heavy atom. The molecular weight excluding hydrogens is 587 g/mol. The van der Waals surface area contributed by atoms with Crippen LogP contribution in [-0.4, -0.2) is 63.0 Å². The van der Waals surface area contributed by atoms with E-state index in [9.17, 15) is 4.79 Å². The highest BCUT2D eigenvalue weighted by Crippen LogP contribution is 2.38. The maximum atomic E-state index is 11.8. The Hall–Kier alpha value is -3.23. The van der Waals surface area contributed by atoms with E-state index in [1.165, 1.54) is 5.56 Å². The molecule has 9 heteroatoms. The molecule has 1 amide bonds. The van der Waals surface area contributed by atoms with E-state index >= 15 is 0 Å². The number of aromatic nitrogens is 1. The molecule has 5 rings (SSSR count). The van der Waals surface area contributed by atoms with Crippen molar-refractivity contribution in [1.29, 1.82) is 0 Å². The lowest BCUT2D eigenvalue weighted by Gasteiger charge is -2.33. The summed E-state index contributed by atoms with van der Waals surface area (Å²) in [7, 11) is 3.31. The average molecular weight is 630 g/mol. The largest absolute Gasteiger partial charge is 0.497 e. The van der Waals surface area contributed by atoms with Crippen molar-refractivity contribution in [2.24, 2.45) is 0 Å². The standard InChI is InChI=1S/C25H29ClN2O4.C7H7ClO.C2H6/c1-17(30-2)15-31-12-3-13-32-20-7-4-18(5-8-20)25-24-21(10-11-28(25)16-29)22-14-19(26)6-9-23(22)27-24;1-9-7-4-2-6(8)3-5-7;1-2/h4-9,14,16-17,25,27H,3,10-13,15H2,1-2H3;2-5H,1H3;1-2H3. The van der Waals surface area contributed by atoms with E-state index < -0.39 is 0 Å². The Morgan fingerprint density at radius 3 is 2.28 bits per heavy atom. The maximum absolute atomic E-state index is 11.8. The number of carbonyl (C=O) groups excluding carboxylic acids is 1. The fourth-order valence-electron chi connectivity index (χ4n) is 4.74. The molecule has 0 saturated carbocycles. The van der Waals surface area contributed by atoms with Gasteiger partial charge in [0.05, 0.1) is 32.5 Å². The molecular formula is C34H42Cl2N2O5. The van der Waals surface area contributed by atoms with Crippen molar-refractivity contribution in [3.05, 3.63) is 93.6 Å². The lowest BCUT2D eigenvalue weighted by atomic mass is 9.93. The van der Waals surface area contributed by atoms with E-state index in [0.29, 0.717) is 31.4 Å². The van der Waals surface area contributed by atoms with Crippen molar-refractivity contribution in [2.45, 2.75) is 45.8 Å². The first-order valence-corrected chi connectivity index (χ1v) is 15.3. The molecule has 2 heterocycles. The summed E-state index contributed by atoms with van der Waals surface area (Å²) in [5.41, 5.74) is 4.37. The average Bonchev–Trinajstić information content (AvgIpc) is 3.41. The molecule has 1 aliphatic heterocycles. The minimum atomic E-state index is -0.160. The number of halogens is 2. The number of methoxy groups -OCH3 is 2. The van der Waals surface area contributed by atoms with Gasteiger partial charge in [0.2, 0.25) is 6.41 Å². The number of benzene rings is 3. The van der Waals surface area contributed by atoms with Crippen LogP contribution in [-0.2, 0) is 20.7 Å². The zero-order chi connectivity index (χ0) is 31.2. The minimum Gasteiger partial charge on any atom is -0.497 e. The fourth-order valence-corrected chi connectivity index (χ4v) is 5.03. The van der Waals surface area contributed by atoms with Gasteiger partial charge in [-0.1, -0.05) is 49.2 Å². The zero-order valence-corrected chi connectivity index (χ0v) is 27.1. The molecule has 7 nitrogen and oxygen atoms in total. The first kappa shape index (κ1) is 34.3. The van der Waals surface area contributed by atoms with Gasteiger partial charge in [-0.2, -0.15) is 0 Å². The molecule has 1 aromatic heterocycles. The van der Waals surface area contributed by atoms with Crippen molar-refractivity contribution >= 4 is 40.5 Å². The van der Waals surface area contributed by atoms with Gasteiger partial charge in [0, 0.05) is 53.3 Å². The molecule has 2 unspecified atom stereocenters. The quantitative estimate of drug-likeness (QED) is 0.134. The third kappa shape index (κ3) is 9.63. The molecule has 1 aliphatic rings. The van der Waals surface area contributed by atoms with Crippen LogP contribution in [0.3, 0.4) is 0 Å². The number of nitrogens with one attached hydrogen (secondary N) is 1. The summed E-state index contributed by atoms with van der Waals surface area (Å²) in [6.45, 7) is 8.44. The van der Waals surface area contributed by atoms with Gasteiger partial charge in [0.15, 0.2) is 0 Å². The number of hydrogen-bond donors (Lipinski definition) is 1. The van der Waals surface area contributed by atoms with E-state index in [4.69, 9.17) is 42.1 Å². The highest BCUT2D eigenvalue weighted by atomic mass is 35.5. The van der Waals surface area contributed by atoms with Crippen LogP contribution >= 0.6 is 23.2 Å². The fraction of sp³-hybridized carbons (Fsp3) is 0.382. The van der Waals surface area contributed by atoms with Crippen molar-refractivity contribution in [3.8, 4) is 11.5 Å². The highest BCUT2D eigenvalue weighted by molar-refractivity contribution is 6.31. The molecule has 4 aromatic rings. The van der Waals surface area contributed by atoms with Crippen LogP contribution in [0.1, 0.15) is 50.1 Å². The van der Waals surface area contributed by atoms with Crippen LogP contribution in [0.15, 0.2) is 66.7 Å². The van der Waals surface area contributed by atoms with Gasteiger partial charge in [-0.05, 0) is 79.1 Å². The van der Waals surface area contributed by atoms with Crippen molar-refractivity contribution in [3.63, 3.8) is 0 Å². The lowest BCUT2D eigenvalue weighted by Crippen LogP contribution is -2.34. The Morgan fingerprint density at radius 2 is 1.63 bits per heavy atom. The molecule has 0 saturated heterocycles. The third-order valence-electron chi connectivity index (χ3n) is 6.96. The number of ether oxygens (including phenoxy) is 4. The summed E-state index contributed by atoms with van der Waals surface area (Å²) in [4.78, 5) is 17.2. The molecule has 0 spiro atoms. The molecule has 232 valence electrons. The van der Waals surface area contributed by atoms with E-state index in [1.54, 1.807) is 26.4 Å². The second-order valence-corrected chi connectivity index (χ2v) is 10.6. The van der Waals surface area contributed by atoms with Crippen LogP contribution in [0.25, 0.3) is 10.9 Å². The summed E-state index contributed by atoms with van der Waals surface area (Å²) >= 11 is 11.8. The number of nitrogens with zero attached hydrogens (tertiary/aromatic N) is 1. The highest BCUT2D eigenvalue weighted by Gasteiger charge is 2.31. The molecule has 43 heavy (non-hydrogen) atoms. The number of H-pyrrole nitrogens is 1. The summed E-state index contributed by atoms with van der Waals surface area (Å²) in [5, 5.41) is 2.58. The Balaban J connectivity index is 0.000000390. The summed E-state index contributed by atoms with van der Waals surface area (Å²) in [6, 6.07) is 20.9. The minimum absolute atomic E-state index is 0.101. The SMILES string of the molecule is CC.COC(C)COCCCOc1ccc(C2c3[nH]c4ccc(Cl)cc4c3CCN2C=O)cc1.COc1ccc(Cl)cc1. The number of amides is 1. The molecule has 3 aromatic carbocycles. The van der Waals surface area contributed by atoms with E-state index in [2.05, 4.69) is 4.98 Å². The zero-order valence-electron chi connectivity index (χ0n) is 25.6. The lowest BCUT2D eigenvalue weighted by molar-refractivity contribution is -0.120. The number of aromatic amines is 1. The first-order valence-electron chi connectivity index (χ1n) is 14.6. The van der Waals surface area contributed by atoms with Gasteiger partial charge >= 0.3 is 0 Å². The van der Waals surface area contributed by atoms with Crippen LogP contribution < -0.4 is 9.47 Å². The third-order valence-corrected chi connectivity index (χ3v) is 7.45. The molecule has 0 aliphatic carbocycles. The molecule has 0 fully saturated rings. The van der Waals surface area contributed by atoms with Crippen LogP contribution in [0.5, 0.6) is 11.5 Å². The molecule has 2 atom stereocenters. The second kappa shape index (κ2) is 17.8. The Kier molecular flexibility index (Phi) is 14.2. The number of carbonyl (C=O) groups is 1. The van der Waals surface area contributed by atoms with Gasteiger partial charge in [-0.25, -0.2) is 0 Å². The van der Waals surface area contributed by atoms with Crippen molar-refractivity contribution < 1.29 is 23.7 Å². The summed E-state index contributed by atoms with van der Waals surface area (Å²) < 4.78 is 21.5. The van der Waals surface area contributed by atoms with Gasteiger partial charge in [0.25, 0.3) is 0 Å². The van der Waals surface area contributed by atoms with E-state index in [1.807, 2.05) is 80.3 Å². The van der Waals surface area contributed by atoms with Crippen molar-refractivity contribution in [1.82, 2.24) is 9.88 Å². The number of hydrogen-bond acceptors (Lipinski definition) is 5. The van der Waals surface area contributed by atoms with Gasteiger partial charge in [0.1, 0.15) is 11.5 Å². The van der Waals surface area contributed by atoms with Gasteiger partial charge in [-0.3, -0.25) is 4.79 Å². The van der Waals surface area contributed by atoms with Gasteiger partial charge < -0.3 is 28.8 Å². The summed E-state index contributed by atoms with van der Waals surface area (Å²) in [6.07, 6.45) is 2.64. The second-order valence-electron chi connectivity index (χ2n) is 9.75. The molecule has 0 radical (unpaired) electrons. The van der Waals surface area contributed by atoms with E-state index in [0.717, 1.165) is 57.9 Å². The molecule has 0 bridgehead atoms. The number of fused-ring (bicyclic) bond motifs is 3. The predicted molar refractivity (Wildman–Crippen MR) is 175 cm³/mol. The normalized spacial score (nSPS) is 14.5. The molecule has 1 N–H and O–H groups in total. The smallest absolute Gasteiger partial charge is 0.210 e. The van der Waals surface area contributed by atoms with E-state index in [-0.39, 0.29) is 12.1 Å². The van der Waals surface area contributed by atoms with Crippen LogP contribution in [0.2, 0.25) is 10.0 Å². The number of rotatable bonds is 11.